The highest BCUT2D eigenvalue weighted by molar-refractivity contribution is 7.20. The highest BCUT2D eigenvalue weighted by atomic mass is 32.1. The average molecular weight is 281 g/mol. The highest BCUT2D eigenvalue weighted by Gasteiger charge is 2.06. The number of rotatable bonds is 3. The monoisotopic (exact) mass is 281 g/mol. The Balaban J connectivity index is 1.86. The molecule has 0 aliphatic rings. The van der Waals surface area contributed by atoms with Gasteiger partial charge in [0.2, 0.25) is 0 Å². The number of nitrogens with zero attached hydrogens (tertiary/aromatic N) is 2. The SMILES string of the molecule is C/C(=N/Nc1ccccc1C)c1nc2ccccc2s1. The molecule has 1 N–H and O–H groups in total. The third-order valence-electron chi connectivity index (χ3n) is 3.09. The minimum atomic E-state index is 0.898. The Morgan fingerprint density at radius 2 is 1.85 bits per heavy atom. The van der Waals surface area contributed by atoms with E-state index in [0.29, 0.717) is 0 Å². The summed E-state index contributed by atoms with van der Waals surface area (Å²) in [5.74, 6) is 0. The van der Waals surface area contributed by atoms with Gasteiger partial charge in [-0.15, -0.1) is 11.3 Å². The van der Waals surface area contributed by atoms with Crippen molar-refractivity contribution in [3.8, 4) is 0 Å². The van der Waals surface area contributed by atoms with Crippen molar-refractivity contribution in [1.29, 1.82) is 0 Å². The van der Waals surface area contributed by atoms with Gasteiger partial charge >= 0.3 is 0 Å². The van der Waals surface area contributed by atoms with Crippen molar-refractivity contribution in [3.05, 3.63) is 59.1 Å². The number of aromatic nitrogens is 1. The van der Waals surface area contributed by atoms with Gasteiger partial charge in [-0.25, -0.2) is 4.98 Å². The molecule has 0 fully saturated rings. The number of para-hydroxylation sites is 2. The van der Waals surface area contributed by atoms with Crippen LogP contribution in [0.25, 0.3) is 10.2 Å². The number of hydrazone groups is 1. The molecule has 4 heteroatoms. The smallest absolute Gasteiger partial charge is 0.140 e. The van der Waals surface area contributed by atoms with E-state index in [4.69, 9.17) is 0 Å². The predicted molar refractivity (Wildman–Crippen MR) is 86.6 cm³/mol. The van der Waals surface area contributed by atoms with E-state index in [1.54, 1.807) is 11.3 Å². The van der Waals surface area contributed by atoms with Gasteiger partial charge in [-0.05, 0) is 37.6 Å². The minimum absolute atomic E-state index is 0.898. The molecule has 0 aliphatic carbocycles. The van der Waals surface area contributed by atoms with E-state index in [1.165, 1.54) is 10.3 Å². The molecule has 100 valence electrons. The molecular weight excluding hydrogens is 266 g/mol. The summed E-state index contributed by atoms with van der Waals surface area (Å²) in [4.78, 5) is 4.60. The number of hydrogen-bond donors (Lipinski definition) is 1. The first kappa shape index (κ1) is 12.8. The topological polar surface area (TPSA) is 37.3 Å². The standard InChI is InChI=1S/C16H15N3S/c1-11-7-3-4-8-13(11)19-18-12(2)16-17-14-9-5-6-10-15(14)20-16/h3-10,19H,1-2H3/b18-12-. The lowest BCUT2D eigenvalue weighted by molar-refractivity contribution is 1.28. The van der Waals surface area contributed by atoms with Gasteiger partial charge in [-0.1, -0.05) is 30.3 Å². The molecule has 0 radical (unpaired) electrons. The van der Waals surface area contributed by atoms with Crippen LogP contribution in [-0.4, -0.2) is 10.7 Å². The van der Waals surface area contributed by atoms with Gasteiger partial charge in [0.1, 0.15) is 5.01 Å². The fourth-order valence-electron chi connectivity index (χ4n) is 1.92. The third kappa shape index (κ3) is 2.56. The molecule has 0 atom stereocenters. The first-order valence-electron chi connectivity index (χ1n) is 6.46. The molecule has 3 nitrogen and oxygen atoms in total. The maximum absolute atomic E-state index is 4.60. The molecular formula is C16H15N3S. The van der Waals surface area contributed by atoms with Crippen LogP contribution in [0.5, 0.6) is 0 Å². The Bertz CT molecular complexity index is 741. The zero-order valence-electron chi connectivity index (χ0n) is 11.4. The Kier molecular flexibility index (Phi) is 3.48. The second-order valence-electron chi connectivity index (χ2n) is 4.61. The number of hydrogen-bond acceptors (Lipinski definition) is 4. The largest absolute Gasteiger partial charge is 0.278 e. The van der Waals surface area contributed by atoms with Gasteiger partial charge in [0.05, 0.1) is 21.6 Å². The van der Waals surface area contributed by atoms with Crippen molar-refractivity contribution >= 4 is 33.0 Å². The van der Waals surface area contributed by atoms with Gasteiger partial charge in [0, 0.05) is 0 Å². The van der Waals surface area contributed by atoms with E-state index in [0.717, 1.165) is 21.9 Å². The van der Waals surface area contributed by atoms with Crippen LogP contribution in [0, 0.1) is 6.92 Å². The summed E-state index contributed by atoms with van der Waals surface area (Å²) in [6.07, 6.45) is 0. The lowest BCUT2D eigenvalue weighted by atomic mass is 10.2. The number of thiazole rings is 1. The summed E-state index contributed by atoms with van der Waals surface area (Å²) in [5.41, 5.74) is 7.23. The Labute approximate surface area is 122 Å². The summed E-state index contributed by atoms with van der Waals surface area (Å²) in [7, 11) is 0. The first-order chi connectivity index (χ1) is 9.74. The molecule has 20 heavy (non-hydrogen) atoms. The Morgan fingerprint density at radius 3 is 2.65 bits per heavy atom. The van der Waals surface area contributed by atoms with E-state index in [9.17, 15) is 0 Å². The fourth-order valence-corrected chi connectivity index (χ4v) is 2.83. The van der Waals surface area contributed by atoms with E-state index >= 15 is 0 Å². The van der Waals surface area contributed by atoms with Gasteiger partial charge in [-0.3, -0.25) is 5.43 Å². The maximum Gasteiger partial charge on any atom is 0.140 e. The fraction of sp³-hybridized carbons (Fsp3) is 0.125. The summed E-state index contributed by atoms with van der Waals surface area (Å²) in [6, 6.07) is 16.2. The quantitative estimate of drug-likeness (QED) is 0.569. The van der Waals surface area contributed by atoms with Crippen molar-refractivity contribution in [2.45, 2.75) is 13.8 Å². The van der Waals surface area contributed by atoms with Crippen molar-refractivity contribution in [3.63, 3.8) is 0 Å². The van der Waals surface area contributed by atoms with Crippen molar-refractivity contribution in [2.24, 2.45) is 5.10 Å². The normalized spacial score (nSPS) is 11.8. The number of fused-ring (bicyclic) bond motifs is 1. The lowest BCUT2D eigenvalue weighted by Gasteiger charge is -2.04. The van der Waals surface area contributed by atoms with E-state index < -0.39 is 0 Å². The molecule has 1 heterocycles. The van der Waals surface area contributed by atoms with E-state index in [2.05, 4.69) is 34.6 Å². The molecule has 3 rings (SSSR count). The first-order valence-corrected chi connectivity index (χ1v) is 7.27. The van der Waals surface area contributed by atoms with Gasteiger partial charge in [0.15, 0.2) is 0 Å². The molecule has 0 saturated heterocycles. The summed E-state index contributed by atoms with van der Waals surface area (Å²) >= 11 is 1.66. The molecule has 0 bridgehead atoms. The van der Waals surface area contributed by atoms with Crippen LogP contribution in [-0.2, 0) is 0 Å². The maximum atomic E-state index is 4.60. The van der Waals surface area contributed by atoms with Crippen LogP contribution in [0.15, 0.2) is 53.6 Å². The second-order valence-corrected chi connectivity index (χ2v) is 5.64. The van der Waals surface area contributed by atoms with Crippen molar-refractivity contribution in [2.75, 3.05) is 5.43 Å². The molecule has 3 aromatic rings. The molecule has 2 aromatic carbocycles. The molecule has 0 amide bonds. The number of nitrogens with one attached hydrogen (secondary N) is 1. The molecule has 0 spiro atoms. The molecule has 0 unspecified atom stereocenters. The van der Waals surface area contributed by atoms with Crippen LogP contribution >= 0.6 is 11.3 Å². The van der Waals surface area contributed by atoms with Gasteiger partial charge in [-0.2, -0.15) is 5.10 Å². The lowest BCUT2D eigenvalue weighted by Crippen LogP contribution is -1.99. The highest BCUT2D eigenvalue weighted by Crippen LogP contribution is 2.22. The summed E-state index contributed by atoms with van der Waals surface area (Å²) in [6.45, 7) is 4.04. The van der Waals surface area contributed by atoms with E-state index in [1.807, 2.05) is 43.3 Å². The van der Waals surface area contributed by atoms with Gasteiger partial charge < -0.3 is 0 Å². The number of aryl methyl sites for hydroxylation is 1. The minimum Gasteiger partial charge on any atom is -0.278 e. The van der Waals surface area contributed by atoms with Crippen LogP contribution < -0.4 is 5.43 Å². The Morgan fingerprint density at radius 1 is 1.10 bits per heavy atom. The van der Waals surface area contributed by atoms with Crippen LogP contribution in [0.1, 0.15) is 17.5 Å². The molecule has 0 aliphatic heterocycles. The van der Waals surface area contributed by atoms with Crippen molar-refractivity contribution in [1.82, 2.24) is 4.98 Å². The molecule has 1 aromatic heterocycles. The van der Waals surface area contributed by atoms with Crippen LogP contribution in [0.4, 0.5) is 5.69 Å². The average Bonchev–Trinajstić information content (AvgIpc) is 2.90. The van der Waals surface area contributed by atoms with Crippen LogP contribution in [0.3, 0.4) is 0 Å². The number of anilines is 1. The third-order valence-corrected chi connectivity index (χ3v) is 4.24. The zero-order valence-corrected chi connectivity index (χ0v) is 12.2. The second kappa shape index (κ2) is 5.43. The summed E-state index contributed by atoms with van der Waals surface area (Å²) < 4.78 is 1.19. The van der Waals surface area contributed by atoms with Crippen LogP contribution in [0.2, 0.25) is 0 Å². The summed E-state index contributed by atoms with van der Waals surface area (Å²) in [5, 5.41) is 5.39. The number of benzene rings is 2. The van der Waals surface area contributed by atoms with Gasteiger partial charge in [0.25, 0.3) is 0 Å². The Hall–Kier alpha value is -2.20. The predicted octanol–water partition coefficient (Wildman–Crippen LogP) is 4.44. The van der Waals surface area contributed by atoms with Crippen molar-refractivity contribution < 1.29 is 0 Å². The van der Waals surface area contributed by atoms with E-state index in [-0.39, 0.29) is 0 Å². The zero-order chi connectivity index (χ0) is 13.9. The molecule has 0 saturated carbocycles.